The molecule has 1 aliphatic heterocycles. The minimum absolute atomic E-state index is 0.132. The highest BCUT2D eigenvalue weighted by Gasteiger charge is 2.48. The molecule has 0 radical (unpaired) electrons. The first-order valence-electron chi connectivity index (χ1n) is 6.54. The Balaban J connectivity index is 1.89. The number of carbonyl (C=O) groups excluding carboxylic acids is 1. The van der Waals surface area contributed by atoms with E-state index < -0.39 is 5.60 Å². The van der Waals surface area contributed by atoms with E-state index in [1.54, 1.807) is 25.3 Å². The molecule has 1 aromatic rings. The van der Waals surface area contributed by atoms with Crippen LogP contribution in [0.5, 0.6) is 0 Å². The van der Waals surface area contributed by atoms with Crippen molar-refractivity contribution >= 4 is 34.7 Å². The Kier molecular flexibility index (Phi) is 3.68. The number of ether oxygens (including phenoxy) is 1. The van der Waals surface area contributed by atoms with Gasteiger partial charge in [-0.1, -0.05) is 34.4 Å². The van der Waals surface area contributed by atoms with Gasteiger partial charge >= 0.3 is 0 Å². The van der Waals surface area contributed by atoms with Gasteiger partial charge in [0.15, 0.2) is 0 Å². The summed E-state index contributed by atoms with van der Waals surface area (Å²) in [5.41, 5.74) is 0.292. The molecule has 21 heavy (non-hydrogen) atoms. The lowest BCUT2D eigenvalue weighted by atomic mass is 9.82. The highest BCUT2D eigenvalue weighted by Crippen LogP contribution is 2.39. The summed E-state index contributed by atoms with van der Waals surface area (Å²) in [6, 6.07) is 5.24. The molecule has 2 aliphatic rings. The zero-order valence-electron chi connectivity index (χ0n) is 11.4. The lowest BCUT2D eigenvalue weighted by Gasteiger charge is -2.27. The Bertz CT molecular complexity index is 649. The van der Waals surface area contributed by atoms with Crippen LogP contribution in [0.3, 0.4) is 0 Å². The maximum absolute atomic E-state index is 12.3. The van der Waals surface area contributed by atoms with E-state index in [4.69, 9.17) is 32.8 Å². The molecule has 1 spiro atoms. The van der Waals surface area contributed by atoms with Crippen molar-refractivity contribution in [3.05, 3.63) is 45.6 Å². The van der Waals surface area contributed by atoms with Crippen LogP contribution in [0.1, 0.15) is 24.8 Å². The molecular formula is C15H13Cl2NO3. The summed E-state index contributed by atoms with van der Waals surface area (Å²) in [7, 11) is 1.55. The van der Waals surface area contributed by atoms with Crippen molar-refractivity contribution in [2.24, 2.45) is 5.16 Å². The average Bonchev–Trinajstić information content (AvgIpc) is 2.87. The molecule has 1 heterocycles. The van der Waals surface area contributed by atoms with E-state index in [0.29, 0.717) is 46.3 Å². The first-order chi connectivity index (χ1) is 10.1. The van der Waals surface area contributed by atoms with E-state index in [2.05, 4.69) is 5.16 Å². The van der Waals surface area contributed by atoms with Gasteiger partial charge in [-0.3, -0.25) is 4.79 Å². The van der Waals surface area contributed by atoms with Gasteiger partial charge in [0, 0.05) is 30.9 Å². The normalized spacial score (nSPS) is 24.6. The van der Waals surface area contributed by atoms with Crippen LogP contribution < -0.4 is 0 Å². The molecule has 1 atom stereocenters. The highest BCUT2D eigenvalue weighted by atomic mass is 35.5. The Morgan fingerprint density at radius 3 is 2.67 bits per heavy atom. The largest absolute Gasteiger partial charge is 0.501 e. The molecule has 4 nitrogen and oxygen atoms in total. The zero-order valence-corrected chi connectivity index (χ0v) is 12.9. The predicted molar refractivity (Wildman–Crippen MR) is 80.8 cm³/mol. The number of halogens is 2. The molecular weight excluding hydrogens is 313 g/mol. The number of oxime groups is 1. The van der Waals surface area contributed by atoms with Gasteiger partial charge < -0.3 is 9.57 Å². The molecule has 0 fully saturated rings. The summed E-state index contributed by atoms with van der Waals surface area (Å²) in [4.78, 5) is 17.8. The predicted octanol–water partition coefficient (Wildman–Crippen LogP) is 3.75. The van der Waals surface area contributed by atoms with E-state index in [-0.39, 0.29) is 5.78 Å². The van der Waals surface area contributed by atoms with Gasteiger partial charge in [-0.25, -0.2) is 0 Å². The lowest BCUT2D eigenvalue weighted by molar-refractivity contribution is -0.138. The second-order valence-corrected chi connectivity index (χ2v) is 5.89. The van der Waals surface area contributed by atoms with Crippen LogP contribution in [0, 0.1) is 0 Å². The monoisotopic (exact) mass is 325 g/mol. The van der Waals surface area contributed by atoms with Gasteiger partial charge in [0.2, 0.25) is 11.4 Å². The van der Waals surface area contributed by atoms with Gasteiger partial charge in [0.25, 0.3) is 0 Å². The zero-order chi connectivity index (χ0) is 15.0. The van der Waals surface area contributed by atoms with Gasteiger partial charge in [-0.05, 0) is 12.1 Å². The maximum Gasteiger partial charge on any atom is 0.205 e. The van der Waals surface area contributed by atoms with Crippen molar-refractivity contribution in [3.63, 3.8) is 0 Å². The molecule has 0 amide bonds. The van der Waals surface area contributed by atoms with E-state index in [1.165, 1.54) is 6.08 Å². The van der Waals surface area contributed by atoms with Crippen LogP contribution >= 0.6 is 23.2 Å². The van der Waals surface area contributed by atoms with Crippen molar-refractivity contribution < 1.29 is 14.4 Å². The fourth-order valence-electron chi connectivity index (χ4n) is 2.61. The minimum Gasteiger partial charge on any atom is -0.501 e. The molecule has 110 valence electrons. The van der Waals surface area contributed by atoms with Gasteiger partial charge in [-0.15, -0.1) is 0 Å². The molecule has 0 N–H and O–H groups in total. The van der Waals surface area contributed by atoms with Gasteiger partial charge in [0.05, 0.1) is 28.6 Å². The first-order valence-corrected chi connectivity index (χ1v) is 7.30. The molecule has 1 aliphatic carbocycles. The number of carbonyl (C=O) groups is 1. The number of rotatable bonds is 2. The molecule has 1 aromatic carbocycles. The quantitative estimate of drug-likeness (QED) is 0.832. The van der Waals surface area contributed by atoms with Gasteiger partial charge in [-0.2, -0.15) is 0 Å². The molecule has 3 rings (SSSR count). The topological polar surface area (TPSA) is 47.9 Å². The summed E-state index contributed by atoms with van der Waals surface area (Å²) >= 11 is 12.4. The Labute approximate surface area is 132 Å². The number of hydrogen-bond donors (Lipinski definition) is 0. The molecule has 0 bridgehead atoms. The summed E-state index contributed by atoms with van der Waals surface area (Å²) in [6.07, 6.45) is 3.01. The van der Waals surface area contributed by atoms with Gasteiger partial charge in [0.1, 0.15) is 0 Å². The molecule has 6 heteroatoms. The third-order valence-corrected chi connectivity index (χ3v) is 4.44. The summed E-state index contributed by atoms with van der Waals surface area (Å²) < 4.78 is 5.12. The molecule has 0 saturated carbocycles. The van der Waals surface area contributed by atoms with Crippen molar-refractivity contribution in [2.75, 3.05) is 7.11 Å². The Morgan fingerprint density at radius 1 is 1.33 bits per heavy atom. The summed E-state index contributed by atoms with van der Waals surface area (Å²) in [5.74, 6) is 0.533. The molecule has 0 aromatic heterocycles. The first kappa shape index (κ1) is 14.4. The van der Waals surface area contributed by atoms with Crippen molar-refractivity contribution in [2.45, 2.75) is 24.9 Å². The summed E-state index contributed by atoms with van der Waals surface area (Å²) in [6.45, 7) is 0. The van der Waals surface area contributed by atoms with Crippen LogP contribution in [-0.4, -0.2) is 24.2 Å². The second-order valence-electron chi connectivity index (χ2n) is 5.08. The lowest BCUT2D eigenvalue weighted by Crippen LogP contribution is -2.40. The Morgan fingerprint density at radius 2 is 2.05 bits per heavy atom. The van der Waals surface area contributed by atoms with E-state index in [0.717, 1.165) is 0 Å². The Hall–Kier alpha value is -1.52. The molecule has 1 unspecified atom stereocenters. The molecule has 0 saturated heterocycles. The van der Waals surface area contributed by atoms with Crippen LogP contribution in [0.2, 0.25) is 10.0 Å². The number of allylic oxidation sites excluding steroid dienone is 1. The standard InChI is InChI=1S/C15H13Cl2NO3/c1-20-9-5-6-15(13(19)7-9)8-12(18-21-15)14-10(16)3-2-4-11(14)17/h2-4,7H,5-6,8H2,1H3. The summed E-state index contributed by atoms with van der Waals surface area (Å²) in [5, 5.41) is 5.06. The van der Waals surface area contributed by atoms with Crippen LogP contribution in [-0.2, 0) is 14.4 Å². The maximum atomic E-state index is 12.3. The number of benzene rings is 1. The number of methoxy groups -OCH3 is 1. The van der Waals surface area contributed by atoms with Crippen LogP contribution in [0.4, 0.5) is 0 Å². The van der Waals surface area contributed by atoms with Crippen molar-refractivity contribution in [3.8, 4) is 0 Å². The van der Waals surface area contributed by atoms with E-state index in [9.17, 15) is 4.79 Å². The average molecular weight is 326 g/mol. The number of hydrogen-bond acceptors (Lipinski definition) is 4. The van der Waals surface area contributed by atoms with Crippen molar-refractivity contribution in [1.82, 2.24) is 0 Å². The fourth-order valence-corrected chi connectivity index (χ4v) is 3.23. The van der Waals surface area contributed by atoms with E-state index in [1.807, 2.05) is 0 Å². The van der Waals surface area contributed by atoms with E-state index >= 15 is 0 Å². The SMILES string of the molecule is COC1=CC(=O)C2(CC1)CC(c1c(Cl)cccc1Cl)=NO2. The highest BCUT2D eigenvalue weighted by molar-refractivity contribution is 6.40. The third kappa shape index (κ3) is 2.43. The third-order valence-electron chi connectivity index (χ3n) is 3.81. The number of nitrogens with zero attached hydrogens (tertiary/aromatic N) is 1. The van der Waals surface area contributed by atoms with Crippen LogP contribution in [0.25, 0.3) is 0 Å². The van der Waals surface area contributed by atoms with Crippen molar-refractivity contribution in [1.29, 1.82) is 0 Å². The minimum atomic E-state index is -0.945. The van der Waals surface area contributed by atoms with Crippen LogP contribution in [0.15, 0.2) is 35.2 Å². The second kappa shape index (κ2) is 5.35. The number of ketones is 1. The fraction of sp³-hybridized carbons (Fsp3) is 0.333. The smallest absolute Gasteiger partial charge is 0.205 e.